The summed E-state index contributed by atoms with van der Waals surface area (Å²) < 4.78 is 11.4. The average molecular weight is 423 g/mol. The lowest BCUT2D eigenvalue weighted by Gasteiger charge is -2.06. The number of carbonyl (C=O) groups excluding carboxylic acids is 2. The molecule has 0 aliphatic heterocycles. The third kappa shape index (κ3) is 3.70. The Morgan fingerprint density at radius 3 is 2.60 bits per heavy atom. The molecule has 3 rings (SSSR count). The third-order valence-electron chi connectivity index (χ3n) is 3.47. The Labute approximate surface area is 157 Å². The standard InChI is InChI=1S/C18H13BrClNO4/c1-2-24-18(23)21-15-13-9-12(20)7-8-14(13)25-17(15)16(22)10-3-5-11(19)6-4-10/h3-9H,2H2,1H3,(H,21,23). The summed E-state index contributed by atoms with van der Waals surface area (Å²) in [4.78, 5) is 24.7. The number of nitrogens with one attached hydrogen (secondary N) is 1. The zero-order chi connectivity index (χ0) is 18.0. The van der Waals surface area contributed by atoms with Gasteiger partial charge in [0.25, 0.3) is 0 Å². The first-order chi connectivity index (χ1) is 12.0. The van der Waals surface area contributed by atoms with Crippen LogP contribution in [0.4, 0.5) is 10.5 Å². The molecule has 2 aromatic carbocycles. The Morgan fingerprint density at radius 1 is 1.20 bits per heavy atom. The number of hydrogen-bond acceptors (Lipinski definition) is 4. The van der Waals surface area contributed by atoms with Crippen LogP contribution in [0.25, 0.3) is 11.0 Å². The van der Waals surface area contributed by atoms with Crippen LogP contribution in [0, 0.1) is 0 Å². The van der Waals surface area contributed by atoms with Crippen molar-refractivity contribution in [1.82, 2.24) is 0 Å². The van der Waals surface area contributed by atoms with E-state index in [1.54, 1.807) is 49.4 Å². The fourth-order valence-corrected chi connectivity index (χ4v) is 2.79. The number of ether oxygens (including phenoxy) is 1. The molecular weight excluding hydrogens is 410 g/mol. The van der Waals surface area contributed by atoms with Crippen molar-refractivity contribution in [3.05, 3.63) is 63.3 Å². The van der Waals surface area contributed by atoms with Gasteiger partial charge in [-0.2, -0.15) is 0 Å². The molecule has 5 nitrogen and oxygen atoms in total. The molecule has 7 heteroatoms. The maximum Gasteiger partial charge on any atom is 0.411 e. The summed E-state index contributed by atoms with van der Waals surface area (Å²) in [6.07, 6.45) is -0.671. The van der Waals surface area contributed by atoms with Gasteiger partial charge in [-0.1, -0.05) is 27.5 Å². The minimum Gasteiger partial charge on any atom is -0.450 e. The van der Waals surface area contributed by atoms with Gasteiger partial charge in [0, 0.05) is 20.4 Å². The largest absolute Gasteiger partial charge is 0.450 e. The van der Waals surface area contributed by atoms with Crippen LogP contribution in [0.3, 0.4) is 0 Å². The van der Waals surface area contributed by atoms with E-state index in [0.717, 1.165) is 4.47 Å². The van der Waals surface area contributed by atoms with Crippen molar-refractivity contribution in [1.29, 1.82) is 0 Å². The number of rotatable bonds is 4. The maximum absolute atomic E-state index is 12.8. The molecule has 0 atom stereocenters. The van der Waals surface area contributed by atoms with Crippen LogP contribution in [0.5, 0.6) is 0 Å². The summed E-state index contributed by atoms with van der Waals surface area (Å²) in [5.41, 5.74) is 1.11. The van der Waals surface area contributed by atoms with Gasteiger partial charge >= 0.3 is 6.09 Å². The van der Waals surface area contributed by atoms with Crippen molar-refractivity contribution in [3.8, 4) is 0 Å². The molecule has 0 spiro atoms. The quantitative estimate of drug-likeness (QED) is 0.552. The third-order valence-corrected chi connectivity index (χ3v) is 4.23. The number of ketones is 1. The summed E-state index contributed by atoms with van der Waals surface area (Å²) in [5, 5.41) is 3.57. The van der Waals surface area contributed by atoms with Gasteiger partial charge in [0.15, 0.2) is 5.76 Å². The van der Waals surface area contributed by atoms with Gasteiger partial charge in [0.2, 0.25) is 5.78 Å². The van der Waals surface area contributed by atoms with Gasteiger partial charge in [-0.15, -0.1) is 0 Å². The number of hydrogen-bond donors (Lipinski definition) is 1. The number of fused-ring (bicyclic) bond motifs is 1. The molecule has 0 fully saturated rings. The minimum atomic E-state index is -0.671. The molecule has 0 radical (unpaired) electrons. The predicted octanol–water partition coefficient (Wildman–Crippen LogP) is 5.65. The fourth-order valence-electron chi connectivity index (χ4n) is 2.36. The predicted molar refractivity (Wildman–Crippen MR) is 99.4 cm³/mol. The number of amides is 1. The van der Waals surface area contributed by atoms with Crippen LogP contribution in [0.1, 0.15) is 23.0 Å². The van der Waals surface area contributed by atoms with E-state index < -0.39 is 6.09 Å². The molecule has 1 heterocycles. The topological polar surface area (TPSA) is 68.5 Å². The van der Waals surface area contributed by atoms with E-state index in [2.05, 4.69) is 21.2 Å². The highest BCUT2D eigenvalue weighted by Crippen LogP contribution is 2.34. The molecule has 0 aliphatic carbocycles. The number of carbonyl (C=O) groups is 2. The first kappa shape index (κ1) is 17.5. The lowest BCUT2D eigenvalue weighted by molar-refractivity contribution is 0.101. The molecule has 25 heavy (non-hydrogen) atoms. The van der Waals surface area contributed by atoms with Crippen LogP contribution in [0.2, 0.25) is 5.02 Å². The molecule has 0 unspecified atom stereocenters. The van der Waals surface area contributed by atoms with Gasteiger partial charge in [0.1, 0.15) is 11.3 Å². The van der Waals surface area contributed by atoms with Crippen molar-refractivity contribution in [2.75, 3.05) is 11.9 Å². The van der Waals surface area contributed by atoms with E-state index in [0.29, 0.717) is 21.6 Å². The van der Waals surface area contributed by atoms with Gasteiger partial charge in [-0.3, -0.25) is 10.1 Å². The minimum absolute atomic E-state index is 0.0210. The number of furan rings is 1. The summed E-state index contributed by atoms with van der Waals surface area (Å²) in [7, 11) is 0. The number of halogens is 2. The van der Waals surface area contributed by atoms with E-state index >= 15 is 0 Å². The Hall–Kier alpha value is -2.31. The van der Waals surface area contributed by atoms with E-state index in [1.807, 2.05) is 0 Å². The number of anilines is 1. The Morgan fingerprint density at radius 2 is 1.92 bits per heavy atom. The first-order valence-corrected chi connectivity index (χ1v) is 8.62. The van der Waals surface area contributed by atoms with Crippen molar-refractivity contribution < 1.29 is 18.7 Å². The summed E-state index contributed by atoms with van der Waals surface area (Å²) >= 11 is 9.36. The second-order valence-corrected chi connectivity index (χ2v) is 6.48. The monoisotopic (exact) mass is 421 g/mol. The summed E-state index contributed by atoms with van der Waals surface area (Å²) in [6, 6.07) is 11.8. The molecule has 128 valence electrons. The van der Waals surface area contributed by atoms with Crippen molar-refractivity contribution in [2.45, 2.75) is 6.92 Å². The lowest BCUT2D eigenvalue weighted by Crippen LogP contribution is -2.15. The van der Waals surface area contributed by atoms with Gasteiger partial charge in [-0.05, 0) is 49.4 Å². The molecular formula is C18H13BrClNO4. The van der Waals surface area contributed by atoms with Crippen LogP contribution < -0.4 is 5.32 Å². The highest BCUT2D eigenvalue weighted by Gasteiger charge is 2.24. The highest BCUT2D eigenvalue weighted by molar-refractivity contribution is 9.10. The molecule has 3 aromatic rings. The highest BCUT2D eigenvalue weighted by atomic mass is 79.9. The van der Waals surface area contributed by atoms with Crippen molar-refractivity contribution >= 4 is 56.1 Å². The molecule has 0 aliphatic rings. The molecule has 0 saturated carbocycles. The van der Waals surface area contributed by atoms with Crippen molar-refractivity contribution in [3.63, 3.8) is 0 Å². The SMILES string of the molecule is CCOC(=O)Nc1c(C(=O)c2ccc(Br)cc2)oc2ccc(Cl)cc12. The number of benzene rings is 2. The van der Waals surface area contributed by atoms with Crippen LogP contribution >= 0.6 is 27.5 Å². The van der Waals surface area contributed by atoms with Gasteiger partial charge in [-0.25, -0.2) is 4.79 Å². The molecule has 1 amide bonds. The van der Waals surface area contributed by atoms with E-state index in [9.17, 15) is 9.59 Å². The lowest BCUT2D eigenvalue weighted by atomic mass is 10.1. The van der Waals surface area contributed by atoms with Gasteiger partial charge in [0.05, 0.1) is 6.61 Å². The zero-order valence-corrected chi connectivity index (χ0v) is 15.5. The fraction of sp³-hybridized carbons (Fsp3) is 0.111. The zero-order valence-electron chi connectivity index (χ0n) is 13.1. The summed E-state index contributed by atoms with van der Waals surface area (Å²) in [6.45, 7) is 1.90. The Kier molecular flexibility index (Phi) is 5.11. The Balaban J connectivity index is 2.11. The van der Waals surface area contributed by atoms with E-state index in [4.69, 9.17) is 20.8 Å². The normalized spacial score (nSPS) is 10.7. The van der Waals surface area contributed by atoms with E-state index in [1.165, 1.54) is 0 Å². The molecule has 1 aromatic heterocycles. The van der Waals surface area contributed by atoms with Crippen LogP contribution in [0.15, 0.2) is 51.4 Å². The Bertz CT molecular complexity index is 950. The second kappa shape index (κ2) is 7.29. The van der Waals surface area contributed by atoms with Crippen molar-refractivity contribution in [2.24, 2.45) is 0 Å². The second-order valence-electron chi connectivity index (χ2n) is 5.13. The molecule has 0 bridgehead atoms. The smallest absolute Gasteiger partial charge is 0.411 e. The van der Waals surface area contributed by atoms with Gasteiger partial charge < -0.3 is 9.15 Å². The average Bonchev–Trinajstić information content (AvgIpc) is 2.93. The molecule has 1 N–H and O–H groups in total. The maximum atomic E-state index is 12.8. The first-order valence-electron chi connectivity index (χ1n) is 7.45. The molecule has 0 saturated heterocycles. The van der Waals surface area contributed by atoms with Crippen LogP contribution in [-0.4, -0.2) is 18.5 Å². The van der Waals surface area contributed by atoms with E-state index in [-0.39, 0.29) is 23.8 Å². The van der Waals surface area contributed by atoms with Crippen LogP contribution in [-0.2, 0) is 4.74 Å². The summed E-state index contributed by atoms with van der Waals surface area (Å²) in [5.74, 6) is -0.334.